The summed E-state index contributed by atoms with van der Waals surface area (Å²) in [6.45, 7) is 0. The first-order valence-corrected chi connectivity index (χ1v) is 6.35. The van der Waals surface area contributed by atoms with E-state index in [1.165, 1.54) is 17.8 Å². The summed E-state index contributed by atoms with van der Waals surface area (Å²) < 4.78 is 13.5. The van der Waals surface area contributed by atoms with Crippen molar-refractivity contribution in [2.75, 3.05) is 0 Å². The predicted octanol–water partition coefficient (Wildman–Crippen LogP) is 4.16. The summed E-state index contributed by atoms with van der Waals surface area (Å²) in [6, 6.07) is 13.9. The summed E-state index contributed by atoms with van der Waals surface area (Å²) in [6.07, 6.45) is 1.61. The summed E-state index contributed by atoms with van der Waals surface area (Å²) in [5.41, 5.74) is 1.14. The second kappa shape index (κ2) is 4.42. The molecule has 1 heterocycles. The molecule has 0 aliphatic carbocycles. The number of rotatable bonds is 1. The molecule has 0 radical (unpaired) electrons. The number of carbonyl (C=O) groups excluding carboxylic acids is 1. The van der Waals surface area contributed by atoms with Crippen LogP contribution in [0.15, 0.2) is 58.3 Å². The Morgan fingerprint density at radius 1 is 1.00 bits per heavy atom. The number of benzene rings is 2. The third-order valence-electron chi connectivity index (χ3n) is 2.77. The van der Waals surface area contributed by atoms with Gasteiger partial charge in [0.25, 0.3) is 0 Å². The summed E-state index contributed by atoms with van der Waals surface area (Å²) >= 11 is 1.39. The normalized spacial score (nSPS) is 16.1. The molecule has 0 saturated carbocycles. The maximum atomic E-state index is 13.5. The molecule has 88 valence electrons. The summed E-state index contributed by atoms with van der Waals surface area (Å²) in [7, 11) is 0. The average Bonchev–Trinajstić information content (AvgIpc) is 2.70. The van der Waals surface area contributed by atoms with E-state index < -0.39 is 0 Å². The van der Waals surface area contributed by atoms with Gasteiger partial charge in [-0.05, 0) is 24.3 Å². The van der Waals surface area contributed by atoms with Crippen LogP contribution in [0.1, 0.15) is 15.9 Å². The van der Waals surface area contributed by atoms with Crippen LogP contribution in [0.5, 0.6) is 0 Å². The number of ketones is 1. The zero-order valence-corrected chi connectivity index (χ0v) is 10.2. The van der Waals surface area contributed by atoms with Crippen molar-refractivity contribution in [2.45, 2.75) is 4.90 Å². The lowest BCUT2D eigenvalue weighted by Crippen LogP contribution is -1.94. The van der Waals surface area contributed by atoms with E-state index in [1.54, 1.807) is 30.3 Å². The van der Waals surface area contributed by atoms with E-state index in [0.29, 0.717) is 16.0 Å². The van der Waals surface area contributed by atoms with Crippen molar-refractivity contribution >= 4 is 23.6 Å². The van der Waals surface area contributed by atoms with Crippen molar-refractivity contribution < 1.29 is 9.18 Å². The van der Waals surface area contributed by atoms with Gasteiger partial charge in [0, 0.05) is 16.0 Å². The molecule has 1 aliphatic rings. The molecule has 1 aliphatic heterocycles. The summed E-state index contributed by atoms with van der Waals surface area (Å²) in [5.74, 6) is -0.340. The fraction of sp³-hybridized carbons (Fsp3) is 0. The van der Waals surface area contributed by atoms with E-state index in [4.69, 9.17) is 0 Å². The summed E-state index contributed by atoms with van der Waals surface area (Å²) in [4.78, 5) is 13.6. The molecule has 0 atom stereocenters. The Balaban J connectivity index is 2.02. The first-order chi connectivity index (χ1) is 8.75. The van der Waals surface area contributed by atoms with E-state index >= 15 is 0 Å². The van der Waals surface area contributed by atoms with E-state index in [-0.39, 0.29) is 11.6 Å². The molecule has 3 rings (SSSR count). The van der Waals surface area contributed by atoms with Gasteiger partial charge in [0.15, 0.2) is 0 Å². The van der Waals surface area contributed by atoms with Gasteiger partial charge in [-0.1, -0.05) is 42.1 Å². The SMILES string of the molecule is O=C1C(=Cc2ccccc2F)Sc2ccccc21. The van der Waals surface area contributed by atoms with Crippen molar-refractivity contribution in [3.8, 4) is 0 Å². The molecule has 2 aromatic rings. The van der Waals surface area contributed by atoms with E-state index in [2.05, 4.69) is 0 Å². The standard InChI is InChI=1S/C15H9FOS/c16-12-7-3-1-5-10(12)9-14-15(17)11-6-2-4-8-13(11)18-14/h1-9H. The van der Waals surface area contributed by atoms with Crippen molar-refractivity contribution in [1.82, 2.24) is 0 Å². The van der Waals surface area contributed by atoms with Crippen molar-refractivity contribution in [1.29, 1.82) is 0 Å². The first-order valence-electron chi connectivity index (χ1n) is 5.53. The molecule has 0 unspecified atom stereocenters. The maximum absolute atomic E-state index is 13.5. The monoisotopic (exact) mass is 256 g/mol. The Morgan fingerprint density at radius 2 is 1.72 bits per heavy atom. The molecule has 0 spiro atoms. The van der Waals surface area contributed by atoms with E-state index in [0.717, 1.165) is 4.90 Å². The number of hydrogen-bond acceptors (Lipinski definition) is 2. The minimum absolute atomic E-state index is 0.0288. The van der Waals surface area contributed by atoms with Gasteiger partial charge >= 0.3 is 0 Å². The minimum Gasteiger partial charge on any atom is -0.288 e. The number of halogens is 1. The largest absolute Gasteiger partial charge is 0.288 e. The molecule has 2 aromatic carbocycles. The van der Waals surface area contributed by atoms with Gasteiger partial charge in [0.1, 0.15) is 5.82 Å². The second-order valence-corrected chi connectivity index (χ2v) is 5.04. The topological polar surface area (TPSA) is 17.1 Å². The Hall–Kier alpha value is -1.87. The molecule has 18 heavy (non-hydrogen) atoms. The number of carbonyl (C=O) groups is 1. The van der Waals surface area contributed by atoms with Gasteiger partial charge < -0.3 is 0 Å². The van der Waals surface area contributed by atoms with Gasteiger partial charge in [-0.25, -0.2) is 4.39 Å². The predicted molar refractivity (Wildman–Crippen MR) is 71.0 cm³/mol. The van der Waals surface area contributed by atoms with Crippen molar-refractivity contribution in [3.05, 3.63) is 70.4 Å². The van der Waals surface area contributed by atoms with Crippen LogP contribution in [0, 0.1) is 5.82 Å². The Kier molecular flexibility index (Phi) is 2.76. The van der Waals surface area contributed by atoms with Gasteiger partial charge in [-0.2, -0.15) is 0 Å². The second-order valence-electron chi connectivity index (χ2n) is 3.96. The van der Waals surface area contributed by atoms with Crippen LogP contribution >= 0.6 is 11.8 Å². The lowest BCUT2D eigenvalue weighted by Gasteiger charge is -1.97. The molecule has 3 heteroatoms. The molecule has 0 saturated heterocycles. The van der Waals surface area contributed by atoms with Crippen LogP contribution < -0.4 is 0 Å². The van der Waals surface area contributed by atoms with Crippen molar-refractivity contribution in [2.24, 2.45) is 0 Å². The number of hydrogen-bond donors (Lipinski definition) is 0. The molecule has 0 bridgehead atoms. The molecule has 0 N–H and O–H groups in total. The number of fused-ring (bicyclic) bond motifs is 1. The van der Waals surface area contributed by atoms with Gasteiger partial charge in [-0.15, -0.1) is 0 Å². The van der Waals surface area contributed by atoms with Crippen LogP contribution in [0.4, 0.5) is 4.39 Å². The molecular formula is C15H9FOS. The van der Waals surface area contributed by atoms with E-state index in [9.17, 15) is 9.18 Å². The highest BCUT2D eigenvalue weighted by atomic mass is 32.2. The number of allylic oxidation sites excluding steroid dienone is 1. The number of Topliss-reactive ketones (excluding diaryl/α,β-unsaturated/α-hetero) is 1. The minimum atomic E-state index is -0.311. The zero-order chi connectivity index (χ0) is 12.5. The quantitative estimate of drug-likeness (QED) is 0.713. The smallest absolute Gasteiger partial charge is 0.200 e. The maximum Gasteiger partial charge on any atom is 0.200 e. The van der Waals surface area contributed by atoms with Gasteiger partial charge in [-0.3, -0.25) is 4.79 Å². The highest BCUT2D eigenvalue weighted by Crippen LogP contribution is 2.40. The first kappa shape index (κ1) is 11.2. The Bertz CT molecular complexity index is 661. The Morgan fingerprint density at radius 3 is 2.50 bits per heavy atom. The van der Waals surface area contributed by atoms with Gasteiger partial charge in [0.2, 0.25) is 5.78 Å². The fourth-order valence-corrected chi connectivity index (χ4v) is 2.91. The lowest BCUT2D eigenvalue weighted by atomic mass is 10.1. The Labute approximate surface area is 108 Å². The highest BCUT2D eigenvalue weighted by Gasteiger charge is 2.25. The third-order valence-corrected chi connectivity index (χ3v) is 3.87. The third kappa shape index (κ3) is 1.87. The van der Waals surface area contributed by atoms with Crippen LogP contribution in [-0.4, -0.2) is 5.78 Å². The van der Waals surface area contributed by atoms with Gasteiger partial charge in [0.05, 0.1) is 4.91 Å². The highest BCUT2D eigenvalue weighted by molar-refractivity contribution is 8.04. The molecule has 0 aromatic heterocycles. The van der Waals surface area contributed by atoms with Crippen LogP contribution in [-0.2, 0) is 0 Å². The summed E-state index contributed by atoms with van der Waals surface area (Å²) in [5, 5.41) is 0. The molecule has 0 fully saturated rings. The van der Waals surface area contributed by atoms with Crippen LogP contribution in [0.3, 0.4) is 0 Å². The lowest BCUT2D eigenvalue weighted by molar-refractivity contribution is 0.104. The molecular weight excluding hydrogens is 247 g/mol. The fourth-order valence-electron chi connectivity index (χ4n) is 1.87. The van der Waals surface area contributed by atoms with E-state index in [1.807, 2.05) is 18.2 Å². The average molecular weight is 256 g/mol. The molecule has 1 nitrogen and oxygen atoms in total. The number of thioether (sulfide) groups is 1. The zero-order valence-electron chi connectivity index (χ0n) is 9.39. The van der Waals surface area contributed by atoms with Crippen molar-refractivity contribution in [3.63, 3.8) is 0 Å². The molecule has 0 amide bonds. The van der Waals surface area contributed by atoms with Crippen LogP contribution in [0.25, 0.3) is 6.08 Å². The van der Waals surface area contributed by atoms with Crippen LogP contribution in [0.2, 0.25) is 0 Å².